The Kier molecular flexibility index (Phi) is 9.57. The summed E-state index contributed by atoms with van der Waals surface area (Å²) >= 11 is 0. The Morgan fingerprint density at radius 2 is 1.00 bits per heavy atom. The van der Waals surface area contributed by atoms with Gasteiger partial charge in [0.1, 0.15) is 12.6 Å². The highest BCUT2D eigenvalue weighted by molar-refractivity contribution is 5.79. The second-order valence-corrected chi connectivity index (χ2v) is 14.9. The number of benzene rings is 2. The summed E-state index contributed by atoms with van der Waals surface area (Å²) in [4.78, 5) is 23.7. The second kappa shape index (κ2) is 14.0. The summed E-state index contributed by atoms with van der Waals surface area (Å²) < 4.78 is 23.1. The van der Waals surface area contributed by atoms with Crippen molar-refractivity contribution in [2.24, 2.45) is 47.3 Å². The summed E-state index contributed by atoms with van der Waals surface area (Å²) in [6.45, 7) is 10.6. The molecule has 2 saturated heterocycles. The molecule has 252 valence electrons. The monoisotopic (exact) mass is 648 g/mol. The van der Waals surface area contributed by atoms with E-state index in [9.17, 15) is 9.59 Å². The predicted octanol–water partition coefficient (Wildman–Crippen LogP) is 8.15. The summed E-state index contributed by atoms with van der Waals surface area (Å²) in [6, 6.07) is 20.9. The standard InChI is InChI=1S/2C21H24O3/c2*1-13(2)18-19(14-6-4-3-5-7-14)15(11-22)10-16-12-24-21-17(20(16)18)8-9-23-21/h2*3-7,10-13,17-21H,8-9H2,1-2H3/t2*17-,18+,19-,20-,21+/m00/s1. The number of aldehydes is 2. The minimum atomic E-state index is -0.123. The number of ether oxygens (including phenoxy) is 4. The largest absolute Gasteiger partial charge is 0.472 e. The molecule has 6 nitrogen and oxygen atoms in total. The molecule has 48 heavy (non-hydrogen) atoms. The van der Waals surface area contributed by atoms with Crippen LogP contribution in [0, 0.1) is 47.3 Å². The molecule has 2 aromatic rings. The molecule has 2 fully saturated rings. The molecule has 6 heteroatoms. The average Bonchev–Trinajstić information content (AvgIpc) is 3.81. The molecule has 0 amide bonds. The van der Waals surface area contributed by atoms with Gasteiger partial charge in [0.2, 0.25) is 12.6 Å². The molecule has 2 aromatic carbocycles. The zero-order valence-electron chi connectivity index (χ0n) is 28.4. The molecule has 0 aromatic heterocycles. The van der Waals surface area contributed by atoms with Crippen molar-refractivity contribution >= 4 is 12.6 Å². The topological polar surface area (TPSA) is 71.1 Å². The Hall–Kier alpha value is -3.74. The van der Waals surface area contributed by atoms with Crippen molar-refractivity contribution in [3.8, 4) is 0 Å². The van der Waals surface area contributed by atoms with E-state index in [2.05, 4.69) is 88.4 Å². The van der Waals surface area contributed by atoms with Crippen LogP contribution >= 0.6 is 0 Å². The number of rotatable bonds is 6. The highest BCUT2D eigenvalue weighted by atomic mass is 16.7. The van der Waals surface area contributed by atoms with E-state index in [1.807, 2.05) is 24.7 Å². The molecule has 0 spiro atoms. The Morgan fingerprint density at radius 1 is 0.604 bits per heavy atom. The van der Waals surface area contributed by atoms with Gasteiger partial charge in [0, 0.05) is 34.8 Å². The van der Waals surface area contributed by atoms with Crippen LogP contribution in [0.15, 0.2) is 108 Å². The van der Waals surface area contributed by atoms with Gasteiger partial charge < -0.3 is 18.9 Å². The van der Waals surface area contributed by atoms with Crippen LogP contribution in [0.1, 0.15) is 63.5 Å². The molecule has 6 aliphatic rings. The third kappa shape index (κ3) is 5.92. The number of hydrogen-bond donors (Lipinski definition) is 0. The van der Waals surface area contributed by atoms with Gasteiger partial charge in [0.15, 0.2) is 0 Å². The molecule has 0 saturated carbocycles. The number of hydrogen-bond acceptors (Lipinski definition) is 6. The van der Waals surface area contributed by atoms with Crippen molar-refractivity contribution < 1.29 is 28.5 Å². The van der Waals surface area contributed by atoms with Crippen LogP contribution in [0.5, 0.6) is 0 Å². The van der Waals surface area contributed by atoms with Crippen LogP contribution in [-0.2, 0) is 28.5 Å². The number of allylic oxidation sites excluding steroid dienone is 6. The number of carbonyl (C=O) groups excluding carboxylic acids is 2. The Bertz CT molecular complexity index is 1470. The third-order valence-electron chi connectivity index (χ3n) is 11.6. The lowest BCUT2D eigenvalue weighted by atomic mass is 9.59. The second-order valence-electron chi connectivity index (χ2n) is 14.9. The highest BCUT2D eigenvalue weighted by Gasteiger charge is 2.51. The van der Waals surface area contributed by atoms with E-state index >= 15 is 0 Å². The fraction of sp³-hybridized carbons (Fsp3) is 0.476. The predicted molar refractivity (Wildman–Crippen MR) is 184 cm³/mol. The van der Waals surface area contributed by atoms with E-state index in [1.54, 1.807) is 0 Å². The SMILES string of the molecule is CC(C)[C@H]1[C@H]2C(=CO[C@H]3OCC[C@H]32)C=C(C=O)[C@@H]1c1ccccc1.CC(C)[C@H]1[C@H]2C(=CO[C@H]3OCC[C@H]32)C=C(C=O)[C@@H]1c1ccccc1. The fourth-order valence-electron chi connectivity index (χ4n) is 9.74. The number of fused-ring (bicyclic) bond motifs is 6. The van der Waals surface area contributed by atoms with Crippen LogP contribution in [0.2, 0.25) is 0 Å². The summed E-state index contributed by atoms with van der Waals surface area (Å²) in [5.41, 5.74) is 6.52. The summed E-state index contributed by atoms with van der Waals surface area (Å²) in [7, 11) is 0. The first-order valence-corrected chi connectivity index (χ1v) is 17.8. The molecule has 4 heterocycles. The van der Waals surface area contributed by atoms with E-state index in [1.165, 1.54) is 11.1 Å². The summed E-state index contributed by atoms with van der Waals surface area (Å²) in [5.74, 6) is 3.51. The van der Waals surface area contributed by atoms with Gasteiger partial charge >= 0.3 is 0 Å². The highest BCUT2D eigenvalue weighted by Crippen LogP contribution is 2.55. The van der Waals surface area contributed by atoms with Gasteiger partial charge in [-0.05, 0) is 82.8 Å². The molecule has 8 rings (SSSR count). The first-order chi connectivity index (χ1) is 23.4. The molecular formula is C42H48O6. The minimum absolute atomic E-state index is 0.123. The maximum Gasteiger partial charge on any atom is 0.202 e. The van der Waals surface area contributed by atoms with Crippen molar-refractivity contribution in [2.75, 3.05) is 13.2 Å². The molecule has 0 radical (unpaired) electrons. The van der Waals surface area contributed by atoms with E-state index in [0.29, 0.717) is 47.3 Å². The molecule has 2 aliphatic carbocycles. The fourth-order valence-corrected chi connectivity index (χ4v) is 9.74. The minimum Gasteiger partial charge on any atom is -0.472 e. The molecule has 4 aliphatic heterocycles. The van der Waals surface area contributed by atoms with Crippen molar-refractivity contribution in [2.45, 2.75) is 65.0 Å². The van der Waals surface area contributed by atoms with Crippen LogP contribution < -0.4 is 0 Å². The molecule has 0 bridgehead atoms. The zero-order chi connectivity index (χ0) is 33.4. The summed E-state index contributed by atoms with van der Waals surface area (Å²) in [5, 5.41) is 0. The average molecular weight is 649 g/mol. The van der Waals surface area contributed by atoms with E-state index in [0.717, 1.165) is 60.9 Å². The van der Waals surface area contributed by atoms with E-state index in [4.69, 9.17) is 18.9 Å². The molecule has 0 N–H and O–H groups in total. The van der Waals surface area contributed by atoms with Gasteiger partial charge in [-0.1, -0.05) is 88.4 Å². The normalized spacial score (nSPS) is 34.7. The van der Waals surface area contributed by atoms with Crippen LogP contribution in [0.4, 0.5) is 0 Å². The Balaban J connectivity index is 0.000000152. The molecule has 10 atom stereocenters. The first kappa shape index (κ1) is 32.8. The number of carbonyl (C=O) groups is 2. The van der Waals surface area contributed by atoms with Crippen LogP contribution in [0.25, 0.3) is 0 Å². The van der Waals surface area contributed by atoms with Crippen molar-refractivity contribution in [3.05, 3.63) is 119 Å². The van der Waals surface area contributed by atoms with E-state index in [-0.39, 0.29) is 24.4 Å². The molecular weight excluding hydrogens is 600 g/mol. The van der Waals surface area contributed by atoms with Crippen LogP contribution in [0.3, 0.4) is 0 Å². The van der Waals surface area contributed by atoms with Crippen molar-refractivity contribution in [3.63, 3.8) is 0 Å². The lowest BCUT2D eigenvalue weighted by Crippen LogP contribution is -2.42. The Morgan fingerprint density at radius 3 is 1.35 bits per heavy atom. The summed E-state index contributed by atoms with van der Waals surface area (Å²) in [6.07, 6.45) is 11.6. The van der Waals surface area contributed by atoms with Crippen LogP contribution in [-0.4, -0.2) is 38.4 Å². The van der Waals surface area contributed by atoms with Gasteiger partial charge in [-0.15, -0.1) is 0 Å². The van der Waals surface area contributed by atoms with Gasteiger partial charge in [-0.3, -0.25) is 9.59 Å². The van der Waals surface area contributed by atoms with Gasteiger partial charge in [0.05, 0.1) is 25.7 Å². The van der Waals surface area contributed by atoms with Gasteiger partial charge in [0.25, 0.3) is 0 Å². The van der Waals surface area contributed by atoms with E-state index < -0.39 is 0 Å². The van der Waals surface area contributed by atoms with Gasteiger partial charge in [-0.2, -0.15) is 0 Å². The van der Waals surface area contributed by atoms with Crippen molar-refractivity contribution in [1.82, 2.24) is 0 Å². The maximum atomic E-state index is 11.9. The third-order valence-corrected chi connectivity index (χ3v) is 11.6. The lowest BCUT2D eigenvalue weighted by molar-refractivity contribution is -0.118. The molecule has 0 unspecified atom stereocenters. The Labute approximate surface area is 284 Å². The maximum absolute atomic E-state index is 11.9. The van der Waals surface area contributed by atoms with Gasteiger partial charge in [-0.25, -0.2) is 0 Å². The van der Waals surface area contributed by atoms with Crippen molar-refractivity contribution in [1.29, 1.82) is 0 Å². The lowest BCUT2D eigenvalue weighted by Gasteiger charge is -2.46. The zero-order valence-corrected chi connectivity index (χ0v) is 28.4. The smallest absolute Gasteiger partial charge is 0.202 e. The first-order valence-electron chi connectivity index (χ1n) is 17.8. The quantitative estimate of drug-likeness (QED) is 0.295.